The van der Waals surface area contributed by atoms with Crippen LogP contribution in [0, 0.1) is 0 Å². The van der Waals surface area contributed by atoms with Crippen LogP contribution >= 0.6 is 11.6 Å². The van der Waals surface area contributed by atoms with Gasteiger partial charge in [-0.3, -0.25) is 9.67 Å². The molecule has 0 radical (unpaired) electrons. The van der Waals surface area contributed by atoms with Crippen molar-refractivity contribution in [2.75, 3.05) is 11.1 Å². The van der Waals surface area contributed by atoms with Gasteiger partial charge in [-0.15, -0.1) is 0 Å². The average Bonchev–Trinajstić information content (AvgIpc) is 3.37. The van der Waals surface area contributed by atoms with Crippen molar-refractivity contribution in [1.29, 1.82) is 0 Å². The minimum absolute atomic E-state index is 0.279. The Morgan fingerprint density at radius 3 is 2.65 bits per heavy atom. The molecule has 0 unspecified atom stereocenters. The maximum absolute atomic E-state index is 6.54. The van der Waals surface area contributed by atoms with Gasteiger partial charge in [0.1, 0.15) is 17.1 Å². The van der Waals surface area contributed by atoms with Gasteiger partial charge in [0.2, 0.25) is 0 Å². The SMILES string of the molecule is Cn1ccc(Nc2nc(-c3cc(Cl)c4ncccc4c3)c(-c3ccn(C)n3)nc2N)c1. The monoisotopic (exact) mass is 430 g/mol. The molecule has 4 aromatic heterocycles. The van der Waals surface area contributed by atoms with E-state index in [0.29, 0.717) is 27.9 Å². The molecule has 0 aliphatic carbocycles. The number of benzene rings is 1. The number of rotatable bonds is 4. The second-order valence-electron chi connectivity index (χ2n) is 7.25. The van der Waals surface area contributed by atoms with Gasteiger partial charge in [0.05, 0.1) is 16.2 Å². The molecule has 0 amide bonds. The molecule has 0 bridgehead atoms. The quantitative estimate of drug-likeness (QED) is 0.438. The molecule has 0 saturated carbocycles. The zero-order valence-corrected chi connectivity index (χ0v) is 17.7. The topological polar surface area (TPSA) is 99.5 Å². The normalized spacial score (nSPS) is 11.2. The smallest absolute Gasteiger partial charge is 0.174 e. The van der Waals surface area contributed by atoms with E-state index in [1.54, 1.807) is 10.9 Å². The first kappa shape index (κ1) is 19.1. The van der Waals surface area contributed by atoms with Gasteiger partial charge >= 0.3 is 0 Å². The summed E-state index contributed by atoms with van der Waals surface area (Å²) in [4.78, 5) is 13.9. The summed E-state index contributed by atoms with van der Waals surface area (Å²) in [5, 5.41) is 9.20. The predicted molar refractivity (Wildman–Crippen MR) is 123 cm³/mol. The van der Waals surface area contributed by atoms with Crippen molar-refractivity contribution in [3.05, 3.63) is 66.2 Å². The van der Waals surface area contributed by atoms with Crippen LogP contribution in [-0.4, -0.2) is 29.3 Å². The Hall–Kier alpha value is -3.91. The zero-order valence-electron chi connectivity index (χ0n) is 16.9. The van der Waals surface area contributed by atoms with Crippen molar-refractivity contribution >= 4 is 39.8 Å². The molecule has 154 valence electrons. The summed E-state index contributed by atoms with van der Waals surface area (Å²) in [5.74, 6) is 0.741. The Bertz CT molecular complexity index is 1420. The van der Waals surface area contributed by atoms with Crippen LogP contribution in [0.25, 0.3) is 33.5 Å². The maximum Gasteiger partial charge on any atom is 0.174 e. The van der Waals surface area contributed by atoms with Gasteiger partial charge in [0, 0.05) is 49.8 Å². The van der Waals surface area contributed by atoms with Crippen molar-refractivity contribution in [1.82, 2.24) is 29.3 Å². The van der Waals surface area contributed by atoms with Crippen LogP contribution in [0.5, 0.6) is 0 Å². The molecule has 9 heteroatoms. The Labute approximate surface area is 183 Å². The summed E-state index contributed by atoms with van der Waals surface area (Å²) in [7, 11) is 3.80. The largest absolute Gasteiger partial charge is 0.381 e. The lowest BCUT2D eigenvalue weighted by Crippen LogP contribution is -2.06. The second-order valence-corrected chi connectivity index (χ2v) is 7.66. The zero-order chi connectivity index (χ0) is 21.5. The number of anilines is 3. The lowest BCUT2D eigenvalue weighted by atomic mass is 10.0. The third-order valence-corrected chi connectivity index (χ3v) is 5.19. The highest BCUT2D eigenvalue weighted by Gasteiger charge is 2.19. The minimum atomic E-state index is 0.279. The first-order chi connectivity index (χ1) is 15.0. The van der Waals surface area contributed by atoms with Crippen LogP contribution < -0.4 is 11.1 Å². The molecule has 0 aliphatic heterocycles. The van der Waals surface area contributed by atoms with Gasteiger partial charge in [0.15, 0.2) is 11.6 Å². The molecule has 1 aromatic carbocycles. The number of nitrogen functional groups attached to an aromatic ring is 1. The van der Waals surface area contributed by atoms with Crippen molar-refractivity contribution in [2.45, 2.75) is 0 Å². The van der Waals surface area contributed by atoms with Gasteiger partial charge < -0.3 is 15.6 Å². The molecular weight excluding hydrogens is 412 g/mol. The van der Waals surface area contributed by atoms with E-state index in [4.69, 9.17) is 22.3 Å². The van der Waals surface area contributed by atoms with E-state index in [-0.39, 0.29) is 5.82 Å². The third-order valence-electron chi connectivity index (χ3n) is 4.91. The number of aryl methyl sites for hydroxylation is 2. The van der Waals surface area contributed by atoms with E-state index >= 15 is 0 Å². The van der Waals surface area contributed by atoms with Gasteiger partial charge in [-0.05, 0) is 30.3 Å². The number of aromatic nitrogens is 6. The van der Waals surface area contributed by atoms with Crippen LogP contribution in [-0.2, 0) is 14.1 Å². The highest BCUT2D eigenvalue weighted by atomic mass is 35.5. The standard InChI is InChI=1S/C22H19ClN8/c1-30-8-5-15(12-30)26-22-21(24)27-20(17-6-9-31(2)29-17)19(28-22)14-10-13-4-3-7-25-18(13)16(23)11-14/h3-12H,1-2H3,(H2,24,27)(H,26,28). The molecule has 0 atom stereocenters. The summed E-state index contributed by atoms with van der Waals surface area (Å²) < 4.78 is 3.65. The summed E-state index contributed by atoms with van der Waals surface area (Å²) >= 11 is 6.54. The van der Waals surface area contributed by atoms with Gasteiger partial charge in [0.25, 0.3) is 0 Å². The number of hydrogen-bond acceptors (Lipinski definition) is 6. The fourth-order valence-electron chi connectivity index (χ4n) is 3.46. The molecule has 0 fully saturated rings. The number of halogens is 1. The number of pyridine rings is 1. The summed E-state index contributed by atoms with van der Waals surface area (Å²) in [5.41, 5.74) is 10.5. The fourth-order valence-corrected chi connectivity index (χ4v) is 3.74. The van der Waals surface area contributed by atoms with Gasteiger partial charge in [-0.2, -0.15) is 5.10 Å². The Balaban J connectivity index is 1.72. The summed E-state index contributed by atoms with van der Waals surface area (Å²) in [6.07, 6.45) is 7.44. The Morgan fingerprint density at radius 2 is 1.90 bits per heavy atom. The molecule has 5 aromatic rings. The molecule has 0 saturated heterocycles. The number of nitrogens with one attached hydrogen (secondary N) is 1. The van der Waals surface area contributed by atoms with E-state index in [9.17, 15) is 0 Å². The van der Waals surface area contributed by atoms with Crippen molar-refractivity contribution in [3.63, 3.8) is 0 Å². The summed E-state index contributed by atoms with van der Waals surface area (Å²) in [6, 6.07) is 11.5. The number of hydrogen-bond donors (Lipinski definition) is 2. The van der Waals surface area contributed by atoms with Crippen molar-refractivity contribution in [2.24, 2.45) is 14.1 Å². The molecule has 4 heterocycles. The molecule has 0 aliphatic rings. The van der Waals surface area contributed by atoms with Crippen LogP contribution in [0.1, 0.15) is 0 Å². The maximum atomic E-state index is 6.54. The molecule has 3 N–H and O–H groups in total. The average molecular weight is 431 g/mol. The van der Waals surface area contributed by atoms with Gasteiger partial charge in [-0.25, -0.2) is 9.97 Å². The van der Waals surface area contributed by atoms with E-state index in [2.05, 4.69) is 20.4 Å². The van der Waals surface area contributed by atoms with E-state index in [1.807, 2.05) is 73.7 Å². The molecule has 0 spiro atoms. The first-order valence-electron chi connectivity index (χ1n) is 9.59. The number of fused-ring (bicyclic) bond motifs is 1. The van der Waals surface area contributed by atoms with E-state index in [0.717, 1.165) is 22.2 Å². The number of nitrogens with zero attached hydrogens (tertiary/aromatic N) is 6. The second kappa shape index (κ2) is 7.41. The van der Waals surface area contributed by atoms with Crippen LogP contribution in [0.4, 0.5) is 17.3 Å². The first-order valence-corrected chi connectivity index (χ1v) is 9.97. The lowest BCUT2D eigenvalue weighted by Gasteiger charge is -2.13. The minimum Gasteiger partial charge on any atom is -0.381 e. The Kier molecular flexibility index (Phi) is 4.56. The molecular formula is C22H19ClN8. The highest BCUT2D eigenvalue weighted by molar-refractivity contribution is 6.35. The number of nitrogens with two attached hydrogens (primary N) is 1. The highest BCUT2D eigenvalue weighted by Crippen LogP contribution is 2.35. The third kappa shape index (κ3) is 3.57. The predicted octanol–water partition coefficient (Wildman–Crippen LogP) is 4.41. The van der Waals surface area contributed by atoms with Crippen LogP contribution in [0.15, 0.2) is 61.2 Å². The van der Waals surface area contributed by atoms with Crippen LogP contribution in [0.3, 0.4) is 0 Å². The van der Waals surface area contributed by atoms with E-state index < -0.39 is 0 Å². The van der Waals surface area contributed by atoms with Crippen LogP contribution in [0.2, 0.25) is 5.02 Å². The van der Waals surface area contributed by atoms with Gasteiger partial charge in [-0.1, -0.05) is 17.7 Å². The van der Waals surface area contributed by atoms with E-state index in [1.165, 1.54) is 0 Å². The lowest BCUT2D eigenvalue weighted by molar-refractivity contribution is 0.770. The molecule has 5 rings (SSSR count). The Morgan fingerprint density at radius 1 is 1.03 bits per heavy atom. The molecule has 8 nitrogen and oxygen atoms in total. The van der Waals surface area contributed by atoms with Crippen molar-refractivity contribution in [3.8, 4) is 22.6 Å². The summed E-state index contributed by atoms with van der Waals surface area (Å²) in [6.45, 7) is 0. The fraction of sp³-hybridized carbons (Fsp3) is 0.0909. The molecule has 31 heavy (non-hydrogen) atoms. The van der Waals surface area contributed by atoms with Crippen molar-refractivity contribution < 1.29 is 0 Å².